The molecule has 1 saturated heterocycles. The monoisotopic (exact) mass is 288 g/mol. The predicted molar refractivity (Wildman–Crippen MR) is 83.0 cm³/mol. The highest BCUT2D eigenvalue weighted by Gasteiger charge is 2.57. The van der Waals surface area contributed by atoms with Crippen molar-refractivity contribution in [2.45, 2.75) is 71.8 Å². The van der Waals surface area contributed by atoms with Crippen LogP contribution in [-0.2, 0) is 9.53 Å². The van der Waals surface area contributed by atoms with E-state index in [2.05, 4.69) is 20.8 Å². The number of hydrogen-bond donors (Lipinski definition) is 0. The third-order valence-electron chi connectivity index (χ3n) is 7.57. The van der Waals surface area contributed by atoms with Crippen LogP contribution in [0.2, 0.25) is 0 Å². The predicted octanol–water partition coefficient (Wildman–Crippen LogP) is 4.29. The summed E-state index contributed by atoms with van der Waals surface area (Å²) >= 11 is 0. The molecule has 0 radical (unpaired) electrons. The van der Waals surface area contributed by atoms with Gasteiger partial charge in [-0.2, -0.15) is 0 Å². The average Bonchev–Trinajstić information content (AvgIpc) is 2.85. The molecule has 0 spiro atoms. The molecule has 5 atom stereocenters. The first-order chi connectivity index (χ1) is 9.96. The Labute approximate surface area is 128 Å². The number of fused-ring (bicyclic) bond motifs is 5. The lowest BCUT2D eigenvalue weighted by atomic mass is 9.48. The standard InChI is InChI=1S/C19H28O2/c1-12-14-5-4-13-15(19(14,3)9-7-16(12)20)6-8-18(2)10-11-21-17(13)18/h13,15,17H,4-11H2,1-3H3/t13-,15-,17+,18+,19-/m0/s1. The van der Waals surface area contributed by atoms with Crippen molar-refractivity contribution in [2.75, 3.05) is 6.61 Å². The topological polar surface area (TPSA) is 26.3 Å². The summed E-state index contributed by atoms with van der Waals surface area (Å²) in [7, 11) is 0. The molecule has 0 aromatic carbocycles. The van der Waals surface area contributed by atoms with Crippen molar-refractivity contribution in [3.05, 3.63) is 11.1 Å². The van der Waals surface area contributed by atoms with Crippen molar-refractivity contribution in [3.63, 3.8) is 0 Å². The Bertz CT molecular complexity index is 520. The van der Waals surface area contributed by atoms with Gasteiger partial charge >= 0.3 is 0 Å². The molecule has 21 heavy (non-hydrogen) atoms. The van der Waals surface area contributed by atoms with E-state index in [0.717, 1.165) is 43.3 Å². The molecule has 0 aromatic rings. The molecule has 3 aliphatic carbocycles. The van der Waals surface area contributed by atoms with Crippen LogP contribution in [0, 0.1) is 22.7 Å². The second kappa shape index (κ2) is 4.44. The van der Waals surface area contributed by atoms with Crippen LogP contribution in [0.5, 0.6) is 0 Å². The zero-order valence-electron chi connectivity index (χ0n) is 13.7. The lowest BCUT2D eigenvalue weighted by molar-refractivity contribution is -0.120. The Hall–Kier alpha value is -0.630. The van der Waals surface area contributed by atoms with E-state index >= 15 is 0 Å². The maximum Gasteiger partial charge on any atom is 0.158 e. The minimum atomic E-state index is 0.272. The minimum absolute atomic E-state index is 0.272. The van der Waals surface area contributed by atoms with Crippen molar-refractivity contribution >= 4 is 5.78 Å². The molecule has 2 heteroatoms. The van der Waals surface area contributed by atoms with Crippen LogP contribution in [0.3, 0.4) is 0 Å². The largest absolute Gasteiger partial charge is 0.377 e. The van der Waals surface area contributed by atoms with Crippen molar-refractivity contribution in [2.24, 2.45) is 22.7 Å². The fourth-order valence-electron chi connectivity index (χ4n) is 6.23. The lowest BCUT2D eigenvalue weighted by Gasteiger charge is -2.57. The van der Waals surface area contributed by atoms with Crippen molar-refractivity contribution in [1.29, 1.82) is 0 Å². The SMILES string of the molecule is CC1=C2CC[C@@H]3[C@H]4OCC[C@@]4(C)CC[C@@H]3[C@@]2(C)CCC1=O. The zero-order chi connectivity index (χ0) is 14.8. The molecule has 3 fully saturated rings. The molecule has 116 valence electrons. The molecule has 0 aromatic heterocycles. The van der Waals surface area contributed by atoms with Crippen LogP contribution in [0.4, 0.5) is 0 Å². The van der Waals surface area contributed by atoms with Gasteiger partial charge in [0.15, 0.2) is 5.78 Å². The molecule has 1 heterocycles. The highest BCUT2D eigenvalue weighted by molar-refractivity contribution is 5.96. The Balaban J connectivity index is 1.72. The number of rotatable bonds is 0. The van der Waals surface area contributed by atoms with Crippen molar-refractivity contribution in [1.82, 2.24) is 0 Å². The van der Waals surface area contributed by atoms with Crippen LogP contribution in [0.1, 0.15) is 65.7 Å². The van der Waals surface area contributed by atoms with E-state index in [1.807, 2.05) is 0 Å². The van der Waals surface area contributed by atoms with Gasteiger partial charge in [-0.05, 0) is 73.7 Å². The van der Waals surface area contributed by atoms with Crippen molar-refractivity contribution in [3.8, 4) is 0 Å². The molecule has 0 bridgehead atoms. The summed E-state index contributed by atoms with van der Waals surface area (Å²) in [6.45, 7) is 7.94. The summed E-state index contributed by atoms with van der Waals surface area (Å²) in [5, 5.41) is 0. The minimum Gasteiger partial charge on any atom is -0.377 e. The number of carbonyl (C=O) groups excluding carboxylic acids is 1. The van der Waals surface area contributed by atoms with Gasteiger partial charge in [0, 0.05) is 13.0 Å². The van der Waals surface area contributed by atoms with E-state index < -0.39 is 0 Å². The normalized spacial score (nSPS) is 49.7. The Morgan fingerprint density at radius 3 is 2.71 bits per heavy atom. The average molecular weight is 288 g/mol. The van der Waals surface area contributed by atoms with E-state index in [-0.39, 0.29) is 5.41 Å². The highest BCUT2D eigenvalue weighted by Crippen LogP contribution is 2.62. The molecule has 2 nitrogen and oxygen atoms in total. The number of allylic oxidation sites excluding steroid dienone is 2. The summed E-state index contributed by atoms with van der Waals surface area (Å²) in [6, 6.07) is 0. The zero-order valence-corrected chi connectivity index (χ0v) is 13.7. The molecular weight excluding hydrogens is 260 g/mol. The third kappa shape index (κ3) is 1.78. The number of carbonyl (C=O) groups is 1. The molecular formula is C19H28O2. The Morgan fingerprint density at radius 1 is 1.10 bits per heavy atom. The summed E-state index contributed by atoms with van der Waals surface area (Å²) in [5.41, 5.74) is 3.30. The first-order valence-electron chi connectivity index (χ1n) is 8.81. The number of ether oxygens (including phenoxy) is 1. The second-order valence-corrected chi connectivity index (χ2v) is 8.49. The molecule has 1 aliphatic heterocycles. The lowest BCUT2D eigenvalue weighted by Crippen LogP contribution is -2.52. The number of Topliss-reactive ketones (excluding diaryl/α,β-unsaturated/α-hetero) is 1. The quantitative estimate of drug-likeness (QED) is 0.665. The third-order valence-corrected chi connectivity index (χ3v) is 7.57. The van der Waals surface area contributed by atoms with Gasteiger partial charge in [-0.15, -0.1) is 0 Å². The molecule has 0 N–H and O–H groups in total. The van der Waals surface area contributed by atoms with Crippen molar-refractivity contribution < 1.29 is 9.53 Å². The molecule has 0 amide bonds. The van der Waals surface area contributed by atoms with Gasteiger partial charge in [0.2, 0.25) is 0 Å². The first kappa shape index (κ1) is 14.0. The Morgan fingerprint density at radius 2 is 1.90 bits per heavy atom. The molecule has 4 aliphatic rings. The maximum atomic E-state index is 12.1. The van der Waals surface area contributed by atoms with E-state index in [1.165, 1.54) is 31.3 Å². The van der Waals surface area contributed by atoms with Crippen LogP contribution in [0.15, 0.2) is 11.1 Å². The van der Waals surface area contributed by atoms with Gasteiger partial charge < -0.3 is 4.74 Å². The van der Waals surface area contributed by atoms with Gasteiger partial charge in [0.05, 0.1) is 6.10 Å². The second-order valence-electron chi connectivity index (χ2n) is 8.49. The van der Waals surface area contributed by atoms with Gasteiger partial charge in [0.1, 0.15) is 0 Å². The van der Waals surface area contributed by atoms with Crippen LogP contribution in [-0.4, -0.2) is 18.5 Å². The summed E-state index contributed by atoms with van der Waals surface area (Å²) < 4.78 is 6.22. The van der Waals surface area contributed by atoms with Crippen LogP contribution >= 0.6 is 0 Å². The van der Waals surface area contributed by atoms with E-state index in [4.69, 9.17) is 4.74 Å². The summed E-state index contributed by atoms with van der Waals surface area (Å²) in [4.78, 5) is 12.1. The molecule has 4 rings (SSSR count). The molecule has 2 saturated carbocycles. The smallest absolute Gasteiger partial charge is 0.158 e. The Kier molecular flexibility index (Phi) is 2.96. The number of hydrogen-bond acceptors (Lipinski definition) is 2. The van der Waals surface area contributed by atoms with Gasteiger partial charge in [-0.3, -0.25) is 4.79 Å². The maximum absolute atomic E-state index is 12.1. The molecule has 0 unspecified atom stereocenters. The van der Waals surface area contributed by atoms with E-state index in [1.54, 1.807) is 0 Å². The fraction of sp³-hybridized carbons (Fsp3) is 0.842. The summed E-state index contributed by atoms with van der Waals surface area (Å²) in [5.74, 6) is 1.86. The summed E-state index contributed by atoms with van der Waals surface area (Å²) in [6.07, 6.45) is 8.58. The van der Waals surface area contributed by atoms with Gasteiger partial charge in [-0.25, -0.2) is 0 Å². The first-order valence-corrected chi connectivity index (χ1v) is 8.81. The highest BCUT2D eigenvalue weighted by atomic mass is 16.5. The van der Waals surface area contributed by atoms with Crippen LogP contribution in [0.25, 0.3) is 0 Å². The fourth-order valence-corrected chi connectivity index (χ4v) is 6.23. The van der Waals surface area contributed by atoms with Gasteiger partial charge in [0.25, 0.3) is 0 Å². The van der Waals surface area contributed by atoms with E-state index in [0.29, 0.717) is 17.3 Å². The number of ketones is 1. The van der Waals surface area contributed by atoms with E-state index in [9.17, 15) is 4.79 Å². The van der Waals surface area contributed by atoms with Crippen LogP contribution < -0.4 is 0 Å². The van der Waals surface area contributed by atoms with Gasteiger partial charge in [-0.1, -0.05) is 19.4 Å².